The first-order valence-corrected chi connectivity index (χ1v) is 8.08. The summed E-state index contributed by atoms with van der Waals surface area (Å²) in [6, 6.07) is 0. The fourth-order valence-corrected chi connectivity index (χ4v) is 3.60. The summed E-state index contributed by atoms with van der Waals surface area (Å²) in [6.45, 7) is 9.01. The smallest absolute Gasteiger partial charge is 0.144 e. The molecule has 0 radical (unpaired) electrons. The van der Waals surface area contributed by atoms with E-state index in [0.29, 0.717) is 0 Å². The molecule has 0 aromatic carbocycles. The van der Waals surface area contributed by atoms with Crippen LogP contribution in [0.2, 0.25) is 0 Å². The summed E-state index contributed by atoms with van der Waals surface area (Å²) >= 11 is 3.54. The number of alkyl halides is 1. The molecule has 0 atom stereocenters. The van der Waals surface area contributed by atoms with Crippen LogP contribution in [0, 0.1) is 0 Å². The van der Waals surface area contributed by atoms with Gasteiger partial charge in [-0.05, 0) is 40.0 Å². The lowest BCUT2D eigenvalue weighted by Gasteiger charge is -2.33. The third kappa shape index (κ3) is 2.24. The van der Waals surface area contributed by atoms with E-state index in [2.05, 4.69) is 58.4 Å². The second-order valence-corrected chi connectivity index (χ2v) is 6.98. The van der Waals surface area contributed by atoms with Crippen LogP contribution in [-0.4, -0.2) is 14.8 Å². The molecule has 1 fully saturated rings. The Labute approximate surface area is 118 Å². The van der Waals surface area contributed by atoms with Crippen molar-refractivity contribution in [2.75, 3.05) is 0 Å². The van der Waals surface area contributed by atoms with Gasteiger partial charge in [0.05, 0.1) is 5.33 Å². The van der Waals surface area contributed by atoms with Crippen molar-refractivity contribution >= 4 is 15.9 Å². The van der Waals surface area contributed by atoms with E-state index < -0.39 is 0 Å². The van der Waals surface area contributed by atoms with Gasteiger partial charge in [0.1, 0.15) is 11.6 Å². The third-order valence-electron chi connectivity index (χ3n) is 4.23. The molecule has 0 amide bonds. The zero-order valence-corrected chi connectivity index (χ0v) is 13.5. The monoisotopic (exact) mass is 313 g/mol. The molecular formula is C14H24BrN3. The molecule has 1 heterocycles. The van der Waals surface area contributed by atoms with Crippen LogP contribution in [-0.2, 0) is 16.3 Å². The Hall–Kier alpha value is -0.380. The first-order valence-electron chi connectivity index (χ1n) is 6.96. The molecule has 4 heteroatoms. The summed E-state index contributed by atoms with van der Waals surface area (Å²) < 4.78 is 2.36. The average molecular weight is 314 g/mol. The Morgan fingerprint density at radius 3 is 2.28 bits per heavy atom. The summed E-state index contributed by atoms with van der Waals surface area (Å²) in [7, 11) is 0. The SMILES string of the molecule is CCC1(c2nnc(CBr)n2C(C)(C)C)CCCC1. The van der Waals surface area contributed by atoms with Crippen LogP contribution in [0.5, 0.6) is 0 Å². The van der Waals surface area contributed by atoms with Crippen molar-refractivity contribution in [3.63, 3.8) is 0 Å². The van der Waals surface area contributed by atoms with E-state index in [1.54, 1.807) is 0 Å². The van der Waals surface area contributed by atoms with E-state index in [4.69, 9.17) is 0 Å². The first-order chi connectivity index (χ1) is 8.44. The third-order valence-corrected chi connectivity index (χ3v) is 4.73. The molecule has 0 unspecified atom stereocenters. The van der Waals surface area contributed by atoms with E-state index >= 15 is 0 Å². The van der Waals surface area contributed by atoms with E-state index in [1.807, 2.05) is 0 Å². The van der Waals surface area contributed by atoms with Crippen LogP contribution >= 0.6 is 15.9 Å². The molecule has 0 aliphatic heterocycles. The van der Waals surface area contributed by atoms with Gasteiger partial charge in [-0.1, -0.05) is 35.7 Å². The van der Waals surface area contributed by atoms with Gasteiger partial charge in [-0.25, -0.2) is 0 Å². The van der Waals surface area contributed by atoms with Gasteiger partial charge < -0.3 is 4.57 Å². The lowest BCUT2D eigenvalue weighted by Crippen LogP contribution is -2.33. The molecule has 2 rings (SSSR count). The van der Waals surface area contributed by atoms with Crippen LogP contribution in [0.1, 0.15) is 71.4 Å². The Balaban J connectivity index is 2.54. The van der Waals surface area contributed by atoms with E-state index in [0.717, 1.165) is 11.2 Å². The van der Waals surface area contributed by atoms with Crippen molar-refractivity contribution in [3.05, 3.63) is 11.6 Å². The highest BCUT2D eigenvalue weighted by Crippen LogP contribution is 2.44. The van der Waals surface area contributed by atoms with Gasteiger partial charge >= 0.3 is 0 Å². The minimum Gasteiger partial charge on any atom is -0.308 e. The van der Waals surface area contributed by atoms with Crippen molar-refractivity contribution in [1.29, 1.82) is 0 Å². The lowest BCUT2D eigenvalue weighted by atomic mass is 9.82. The summed E-state index contributed by atoms with van der Waals surface area (Å²) in [4.78, 5) is 0. The highest BCUT2D eigenvalue weighted by molar-refractivity contribution is 9.08. The van der Waals surface area contributed by atoms with Gasteiger partial charge in [-0.3, -0.25) is 0 Å². The molecule has 0 saturated heterocycles. The summed E-state index contributed by atoms with van der Waals surface area (Å²) in [5, 5.41) is 9.74. The molecule has 0 spiro atoms. The molecule has 3 nitrogen and oxygen atoms in total. The quantitative estimate of drug-likeness (QED) is 0.785. The molecular weight excluding hydrogens is 290 g/mol. The van der Waals surface area contributed by atoms with Gasteiger partial charge in [0, 0.05) is 11.0 Å². The summed E-state index contributed by atoms with van der Waals surface area (Å²) in [5.41, 5.74) is 0.313. The number of halogens is 1. The summed E-state index contributed by atoms with van der Waals surface area (Å²) in [5.74, 6) is 2.27. The van der Waals surface area contributed by atoms with Crippen molar-refractivity contribution in [3.8, 4) is 0 Å². The molecule has 1 aliphatic rings. The van der Waals surface area contributed by atoms with Crippen LogP contribution in [0.15, 0.2) is 0 Å². The number of rotatable bonds is 3. The zero-order chi connectivity index (χ0) is 13.4. The second-order valence-electron chi connectivity index (χ2n) is 6.42. The molecule has 0 N–H and O–H groups in total. The second kappa shape index (κ2) is 4.95. The first kappa shape index (κ1) is 14.0. The van der Waals surface area contributed by atoms with Crippen LogP contribution < -0.4 is 0 Å². The number of nitrogens with zero attached hydrogens (tertiary/aromatic N) is 3. The van der Waals surface area contributed by atoms with Crippen LogP contribution in [0.3, 0.4) is 0 Å². The minimum absolute atomic E-state index is 0.0483. The Kier molecular flexibility index (Phi) is 3.86. The van der Waals surface area contributed by atoms with Crippen molar-refractivity contribution in [1.82, 2.24) is 14.8 Å². The molecule has 1 aliphatic carbocycles. The minimum atomic E-state index is 0.0483. The molecule has 102 valence electrons. The topological polar surface area (TPSA) is 30.7 Å². The van der Waals surface area contributed by atoms with Crippen molar-refractivity contribution in [2.45, 2.75) is 76.1 Å². The van der Waals surface area contributed by atoms with Gasteiger partial charge in [0.15, 0.2) is 0 Å². The molecule has 1 saturated carbocycles. The summed E-state index contributed by atoms with van der Waals surface area (Å²) in [6.07, 6.45) is 6.35. The lowest BCUT2D eigenvalue weighted by molar-refractivity contribution is 0.311. The predicted molar refractivity (Wildman–Crippen MR) is 78.1 cm³/mol. The Morgan fingerprint density at radius 2 is 1.83 bits per heavy atom. The fourth-order valence-electron chi connectivity index (χ4n) is 3.24. The maximum absolute atomic E-state index is 4.56. The molecule has 0 bridgehead atoms. The predicted octanol–water partition coefficient (Wildman–Crippen LogP) is 4.15. The number of aromatic nitrogens is 3. The Morgan fingerprint density at radius 1 is 1.22 bits per heavy atom. The average Bonchev–Trinajstić information content (AvgIpc) is 2.95. The van der Waals surface area contributed by atoms with Crippen molar-refractivity contribution in [2.24, 2.45) is 0 Å². The zero-order valence-electron chi connectivity index (χ0n) is 12.0. The highest BCUT2D eigenvalue weighted by atomic mass is 79.9. The van der Waals surface area contributed by atoms with Crippen LogP contribution in [0.25, 0.3) is 0 Å². The highest BCUT2D eigenvalue weighted by Gasteiger charge is 2.40. The van der Waals surface area contributed by atoms with Gasteiger partial charge in [-0.15, -0.1) is 10.2 Å². The number of hydrogen-bond donors (Lipinski definition) is 0. The van der Waals surface area contributed by atoms with E-state index in [1.165, 1.54) is 37.9 Å². The van der Waals surface area contributed by atoms with Crippen molar-refractivity contribution < 1.29 is 0 Å². The van der Waals surface area contributed by atoms with Gasteiger partial charge in [0.2, 0.25) is 0 Å². The Bertz CT molecular complexity index is 411. The standard InChI is InChI=1S/C14H24BrN3/c1-5-14(8-6-7-9-14)12-17-16-11(10-15)18(12)13(2,3)4/h5-10H2,1-4H3. The number of hydrogen-bond acceptors (Lipinski definition) is 2. The maximum Gasteiger partial charge on any atom is 0.144 e. The van der Waals surface area contributed by atoms with Gasteiger partial charge in [0.25, 0.3) is 0 Å². The van der Waals surface area contributed by atoms with E-state index in [-0.39, 0.29) is 11.0 Å². The van der Waals surface area contributed by atoms with Gasteiger partial charge in [-0.2, -0.15) is 0 Å². The van der Waals surface area contributed by atoms with Crippen LogP contribution in [0.4, 0.5) is 0 Å². The molecule has 1 aromatic rings. The normalized spacial score (nSPS) is 19.4. The molecule has 1 aromatic heterocycles. The van der Waals surface area contributed by atoms with E-state index in [9.17, 15) is 0 Å². The maximum atomic E-state index is 4.56. The fraction of sp³-hybridized carbons (Fsp3) is 0.857. The molecule has 18 heavy (non-hydrogen) atoms. The largest absolute Gasteiger partial charge is 0.308 e.